The number of amides is 1. The van der Waals surface area contributed by atoms with Gasteiger partial charge in [-0.1, -0.05) is 35.3 Å². The van der Waals surface area contributed by atoms with Crippen LogP contribution in [0, 0.1) is 0 Å². The average Bonchev–Trinajstić information content (AvgIpc) is 2.89. The molecular weight excluding hydrogens is 569 g/mol. The van der Waals surface area contributed by atoms with Crippen molar-refractivity contribution in [2.75, 3.05) is 45.0 Å². The lowest BCUT2D eigenvalue weighted by Gasteiger charge is -2.28. The van der Waals surface area contributed by atoms with Gasteiger partial charge in [0.1, 0.15) is 5.58 Å². The van der Waals surface area contributed by atoms with Gasteiger partial charge >= 0.3 is 11.7 Å². The van der Waals surface area contributed by atoms with E-state index in [4.69, 9.17) is 27.6 Å². The van der Waals surface area contributed by atoms with Crippen LogP contribution >= 0.6 is 23.2 Å². The highest BCUT2D eigenvalue weighted by Crippen LogP contribution is 2.32. The fourth-order valence-electron chi connectivity index (χ4n) is 4.44. The average molecular weight is 599 g/mol. The van der Waals surface area contributed by atoms with Crippen molar-refractivity contribution in [2.45, 2.75) is 19.5 Å². The molecule has 1 aromatic heterocycles. The minimum atomic E-state index is -3.80. The van der Waals surface area contributed by atoms with Crippen LogP contribution in [0.25, 0.3) is 11.0 Å². The summed E-state index contributed by atoms with van der Waals surface area (Å²) in [6, 6.07) is 8.19. The Morgan fingerprint density at radius 3 is 2.56 bits per heavy atom. The number of benzene rings is 2. The van der Waals surface area contributed by atoms with Crippen LogP contribution in [0.2, 0.25) is 10.0 Å². The number of carbonyl (C=O) groups is 1. The van der Waals surface area contributed by atoms with Gasteiger partial charge in [0.05, 0.1) is 17.3 Å². The third-order valence-corrected chi connectivity index (χ3v) is 8.40. The van der Waals surface area contributed by atoms with Gasteiger partial charge in [-0.3, -0.25) is 9.62 Å². The molecule has 1 aliphatic heterocycles. The molecule has 3 aromatic rings. The lowest BCUT2D eigenvalue weighted by molar-refractivity contribution is 0.154. The van der Waals surface area contributed by atoms with Gasteiger partial charge in [0, 0.05) is 69.2 Å². The second kappa shape index (κ2) is 12.1. The summed E-state index contributed by atoms with van der Waals surface area (Å²) in [7, 11) is -1.10. The van der Waals surface area contributed by atoms with Gasteiger partial charge in [0.25, 0.3) is 10.2 Å². The monoisotopic (exact) mass is 597 g/mol. The van der Waals surface area contributed by atoms with E-state index in [2.05, 4.69) is 19.7 Å². The smallest absolute Gasteiger partial charge is 0.407 e. The maximum Gasteiger partial charge on any atom is 0.407 e. The van der Waals surface area contributed by atoms with Crippen LogP contribution < -0.4 is 20.4 Å². The number of carboxylic acid groups (broad SMARTS) is 1. The Bertz CT molecular complexity index is 1560. The second-order valence-electron chi connectivity index (χ2n) is 9.22. The molecule has 0 bridgehead atoms. The predicted octanol–water partition coefficient (Wildman–Crippen LogP) is 3.08. The Kier molecular flexibility index (Phi) is 9.04. The fraction of sp³-hybridized carbons (Fsp3) is 0.360. The van der Waals surface area contributed by atoms with E-state index in [0.29, 0.717) is 39.2 Å². The largest absolute Gasteiger partial charge is 0.465 e. The zero-order valence-electron chi connectivity index (χ0n) is 21.4. The summed E-state index contributed by atoms with van der Waals surface area (Å²) >= 11 is 13.2. The lowest BCUT2D eigenvalue weighted by Crippen LogP contribution is -2.43. The summed E-state index contributed by atoms with van der Waals surface area (Å²) in [5.41, 5.74) is 2.05. The standard InChI is InChI=1S/C25H29Cl2N5O6S/c1-28-39(36,37)30-21-5-3-4-15(23(21)27)10-18-19(14-32-8-6-29-7-9-32)17-12-20(26)16(13-31(2)25(34)35)11-22(17)38-24(18)33/h3-5,11-12,28-30H,6-10,13-14H2,1-2H3,(H,34,35). The Morgan fingerprint density at radius 2 is 1.90 bits per heavy atom. The molecule has 4 N–H and O–H groups in total. The van der Waals surface area contributed by atoms with E-state index >= 15 is 0 Å². The first-order chi connectivity index (χ1) is 18.5. The fourth-order valence-corrected chi connectivity index (χ4v) is 5.52. The molecule has 210 valence electrons. The minimum absolute atomic E-state index is 0.0214. The van der Waals surface area contributed by atoms with Gasteiger partial charge in [-0.15, -0.1) is 0 Å². The highest BCUT2D eigenvalue weighted by atomic mass is 35.5. The van der Waals surface area contributed by atoms with Crippen LogP contribution in [-0.2, 0) is 29.7 Å². The predicted molar refractivity (Wildman–Crippen MR) is 151 cm³/mol. The van der Waals surface area contributed by atoms with E-state index in [1.165, 1.54) is 20.2 Å². The molecule has 0 unspecified atom stereocenters. The van der Waals surface area contributed by atoms with Crippen molar-refractivity contribution in [1.29, 1.82) is 0 Å². The van der Waals surface area contributed by atoms with Crippen LogP contribution in [0.1, 0.15) is 22.3 Å². The molecule has 39 heavy (non-hydrogen) atoms. The number of anilines is 1. The van der Waals surface area contributed by atoms with Crippen LogP contribution in [-0.4, -0.2) is 69.7 Å². The molecule has 0 aliphatic carbocycles. The first-order valence-electron chi connectivity index (χ1n) is 12.1. The molecule has 0 saturated carbocycles. The summed E-state index contributed by atoms with van der Waals surface area (Å²) in [6.45, 7) is 3.64. The first-order valence-corrected chi connectivity index (χ1v) is 14.4. The Hall–Kier alpha value is -2.87. The van der Waals surface area contributed by atoms with Gasteiger partial charge < -0.3 is 19.7 Å². The minimum Gasteiger partial charge on any atom is -0.465 e. The van der Waals surface area contributed by atoms with E-state index in [1.807, 2.05) is 0 Å². The zero-order chi connectivity index (χ0) is 28.3. The van der Waals surface area contributed by atoms with E-state index in [1.54, 1.807) is 24.3 Å². The first kappa shape index (κ1) is 29.1. The third kappa shape index (κ3) is 6.83. The molecule has 2 heterocycles. The third-order valence-electron chi connectivity index (χ3n) is 6.57. The maximum absolute atomic E-state index is 13.4. The molecule has 4 rings (SSSR count). The molecule has 11 nitrogen and oxygen atoms in total. The number of halogens is 2. The normalized spacial score (nSPS) is 14.5. The van der Waals surface area contributed by atoms with Gasteiger partial charge in [0.2, 0.25) is 0 Å². The second-order valence-corrected chi connectivity index (χ2v) is 11.6. The van der Waals surface area contributed by atoms with Crippen molar-refractivity contribution in [3.63, 3.8) is 0 Å². The van der Waals surface area contributed by atoms with Crippen molar-refractivity contribution in [1.82, 2.24) is 19.8 Å². The van der Waals surface area contributed by atoms with Crippen LogP contribution in [0.4, 0.5) is 10.5 Å². The maximum atomic E-state index is 13.4. The van der Waals surface area contributed by atoms with E-state index in [9.17, 15) is 23.1 Å². The van der Waals surface area contributed by atoms with Gasteiger partial charge in [-0.25, -0.2) is 14.3 Å². The summed E-state index contributed by atoms with van der Waals surface area (Å²) in [5.74, 6) is 0. The van der Waals surface area contributed by atoms with Gasteiger partial charge in [-0.05, 0) is 34.9 Å². The molecular formula is C25H29Cl2N5O6S. The molecule has 1 saturated heterocycles. The number of rotatable bonds is 9. The summed E-state index contributed by atoms with van der Waals surface area (Å²) in [5, 5.41) is 13.7. The Morgan fingerprint density at radius 1 is 1.18 bits per heavy atom. The van der Waals surface area contributed by atoms with Crippen molar-refractivity contribution in [2.24, 2.45) is 0 Å². The number of fused-ring (bicyclic) bond motifs is 1. The highest BCUT2D eigenvalue weighted by molar-refractivity contribution is 7.90. The van der Waals surface area contributed by atoms with Crippen molar-refractivity contribution in [3.05, 3.63) is 73.1 Å². The molecule has 1 aliphatic rings. The highest BCUT2D eigenvalue weighted by Gasteiger charge is 2.22. The quantitative estimate of drug-likeness (QED) is 0.275. The molecule has 0 spiro atoms. The number of hydrogen-bond acceptors (Lipinski definition) is 7. The number of nitrogens with zero attached hydrogens (tertiary/aromatic N) is 2. The number of nitrogens with one attached hydrogen (secondary N) is 3. The molecule has 0 radical (unpaired) electrons. The van der Waals surface area contributed by atoms with Gasteiger partial charge in [-0.2, -0.15) is 8.42 Å². The van der Waals surface area contributed by atoms with Crippen molar-refractivity contribution in [3.8, 4) is 0 Å². The van der Waals surface area contributed by atoms with Crippen LogP contribution in [0.5, 0.6) is 0 Å². The van der Waals surface area contributed by atoms with Crippen molar-refractivity contribution >= 4 is 56.2 Å². The molecule has 1 fully saturated rings. The molecule has 2 aromatic carbocycles. The molecule has 0 atom stereocenters. The van der Waals surface area contributed by atoms with Gasteiger partial charge in [0.15, 0.2) is 0 Å². The van der Waals surface area contributed by atoms with E-state index < -0.39 is 21.9 Å². The van der Waals surface area contributed by atoms with E-state index in [-0.39, 0.29) is 23.7 Å². The van der Waals surface area contributed by atoms with E-state index in [0.717, 1.165) is 36.6 Å². The lowest BCUT2D eigenvalue weighted by atomic mass is 9.96. The summed E-state index contributed by atoms with van der Waals surface area (Å²) < 4.78 is 34.3. The van der Waals surface area contributed by atoms with Crippen molar-refractivity contribution < 1.29 is 22.7 Å². The molecule has 14 heteroatoms. The van der Waals surface area contributed by atoms with Crippen LogP contribution in [0.15, 0.2) is 39.5 Å². The SMILES string of the molecule is CNS(=O)(=O)Nc1cccc(Cc2c(CN3CCNCC3)c3cc(Cl)c(CN(C)C(=O)O)cc3oc2=O)c1Cl. The number of piperazine rings is 1. The Labute approximate surface area is 235 Å². The summed E-state index contributed by atoms with van der Waals surface area (Å²) in [6.07, 6.45) is -1.02. The molecule has 1 amide bonds. The Balaban J connectivity index is 1.82. The number of hydrogen-bond donors (Lipinski definition) is 4. The van der Waals surface area contributed by atoms with Crippen LogP contribution in [0.3, 0.4) is 0 Å². The summed E-state index contributed by atoms with van der Waals surface area (Å²) in [4.78, 5) is 28.0. The topological polar surface area (TPSA) is 144 Å². The zero-order valence-corrected chi connectivity index (χ0v) is 23.7.